The minimum atomic E-state index is -0.456. The molecule has 0 heterocycles. The largest absolute Gasteiger partial charge is 0.482 e. The Morgan fingerprint density at radius 2 is 1.76 bits per heavy atom. The Morgan fingerprint density at radius 3 is 2.60 bits per heavy atom. The van der Waals surface area contributed by atoms with Crippen LogP contribution >= 0.6 is 11.6 Å². The molecule has 0 saturated heterocycles. The van der Waals surface area contributed by atoms with Gasteiger partial charge in [-0.25, -0.2) is 0 Å². The number of para-hydroxylation sites is 1. The summed E-state index contributed by atoms with van der Waals surface area (Å²) >= 11 is 5.94. The highest BCUT2D eigenvalue weighted by atomic mass is 35.5. The predicted molar refractivity (Wildman–Crippen MR) is 95.4 cm³/mol. The van der Waals surface area contributed by atoms with Gasteiger partial charge in [-0.05, 0) is 48.1 Å². The van der Waals surface area contributed by atoms with Crippen LogP contribution in [0.2, 0.25) is 5.02 Å². The average Bonchev–Trinajstić information content (AvgIpc) is 3.07. The molecule has 5 nitrogen and oxygen atoms in total. The number of hydrazine groups is 1. The number of benzene rings is 2. The van der Waals surface area contributed by atoms with Crippen LogP contribution < -0.4 is 15.6 Å². The number of amides is 2. The Morgan fingerprint density at radius 1 is 1.00 bits per heavy atom. The number of hydrogen-bond donors (Lipinski definition) is 2. The van der Waals surface area contributed by atoms with Gasteiger partial charge in [0.2, 0.25) is 5.91 Å². The van der Waals surface area contributed by atoms with Crippen molar-refractivity contribution in [1.82, 2.24) is 10.9 Å². The van der Waals surface area contributed by atoms with Crippen LogP contribution in [0, 0.1) is 0 Å². The normalized spacial score (nSPS) is 12.4. The number of rotatable bonds is 5. The number of carbonyl (C=O) groups excluding carboxylic acids is 2. The third kappa shape index (κ3) is 4.73. The van der Waals surface area contributed by atoms with Gasteiger partial charge in [-0.2, -0.15) is 0 Å². The van der Waals surface area contributed by atoms with Gasteiger partial charge in [0, 0.05) is 0 Å². The number of carbonyl (C=O) groups is 2. The molecule has 0 aromatic heterocycles. The van der Waals surface area contributed by atoms with E-state index in [9.17, 15) is 9.59 Å². The molecule has 130 valence electrons. The maximum absolute atomic E-state index is 12.0. The summed E-state index contributed by atoms with van der Waals surface area (Å²) < 4.78 is 5.30. The van der Waals surface area contributed by atoms with E-state index in [1.807, 2.05) is 6.07 Å². The maximum atomic E-state index is 12.0. The fourth-order valence-electron chi connectivity index (χ4n) is 2.85. The summed E-state index contributed by atoms with van der Waals surface area (Å²) in [5.41, 5.74) is 8.37. The van der Waals surface area contributed by atoms with E-state index in [4.69, 9.17) is 16.3 Å². The standard InChI is InChI=1S/C19H19ClN2O3/c20-16-6-1-2-7-17(16)25-12-19(24)22-21-18(23)11-13-8-9-14-4-3-5-15(14)10-13/h1-2,6-10H,3-5,11-12H2,(H,21,23)(H,22,24). The first-order chi connectivity index (χ1) is 12.1. The highest BCUT2D eigenvalue weighted by molar-refractivity contribution is 6.32. The van der Waals surface area contributed by atoms with Crippen molar-refractivity contribution in [3.8, 4) is 5.75 Å². The van der Waals surface area contributed by atoms with E-state index in [-0.39, 0.29) is 18.9 Å². The van der Waals surface area contributed by atoms with Crippen molar-refractivity contribution in [3.05, 3.63) is 64.2 Å². The minimum Gasteiger partial charge on any atom is -0.482 e. The first-order valence-corrected chi connectivity index (χ1v) is 8.55. The minimum absolute atomic E-state index is 0.221. The number of halogens is 1. The molecule has 6 heteroatoms. The van der Waals surface area contributed by atoms with Gasteiger partial charge in [-0.1, -0.05) is 41.9 Å². The van der Waals surface area contributed by atoms with Crippen molar-refractivity contribution in [3.63, 3.8) is 0 Å². The van der Waals surface area contributed by atoms with E-state index in [0.29, 0.717) is 10.8 Å². The van der Waals surface area contributed by atoms with Crippen LogP contribution in [-0.2, 0) is 28.9 Å². The van der Waals surface area contributed by atoms with Gasteiger partial charge < -0.3 is 4.74 Å². The number of fused-ring (bicyclic) bond motifs is 1. The van der Waals surface area contributed by atoms with E-state index in [1.165, 1.54) is 17.5 Å². The Balaban J connectivity index is 1.42. The zero-order valence-corrected chi connectivity index (χ0v) is 14.4. The quantitative estimate of drug-likeness (QED) is 0.807. The van der Waals surface area contributed by atoms with Crippen LogP contribution in [0.4, 0.5) is 0 Å². The summed E-state index contributed by atoms with van der Waals surface area (Å²) in [6, 6.07) is 13.0. The first kappa shape index (κ1) is 17.3. The SMILES string of the molecule is O=C(COc1ccccc1Cl)NNC(=O)Cc1ccc2c(c1)CCC2. The highest BCUT2D eigenvalue weighted by Crippen LogP contribution is 2.23. The third-order valence-electron chi connectivity index (χ3n) is 4.06. The van der Waals surface area contributed by atoms with Gasteiger partial charge in [0.05, 0.1) is 11.4 Å². The molecule has 2 aromatic carbocycles. The van der Waals surface area contributed by atoms with Crippen molar-refractivity contribution in [2.45, 2.75) is 25.7 Å². The van der Waals surface area contributed by atoms with Crippen molar-refractivity contribution in [1.29, 1.82) is 0 Å². The van der Waals surface area contributed by atoms with Gasteiger partial charge in [0.1, 0.15) is 5.75 Å². The van der Waals surface area contributed by atoms with E-state index < -0.39 is 5.91 Å². The summed E-state index contributed by atoms with van der Waals surface area (Å²) in [5, 5.41) is 0.427. The Labute approximate surface area is 151 Å². The van der Waals surface area contributed by atoms with E-state index in [1.54, 1.807) is 24.3 Å². The van der Waals surface area contributed by atoms with Gasteiger partial charge in [0.15, 0.2) is 6.61 Å². The fourth-order valence-corrected chi connectivity index (χ4v) is 3.04. The third-order valence-corrected chi connectivity index (χ3v) is 4.38. The van der Waals surface area contributed by atoms with Crippen LogP contribution in [-0.4, -0.2) is 18.4 Å². The molecule has 0 atom stereocenters. The van der Waals surface area contributed by atoms with Gasteiger partial charge in [0.25, 0.3) is 5.91 Å². The lowest BCUT2D eigenvalue weighted by Crippen LogP contribution is -2.44. The number of nitrogens with one attached hydrogen (secondary N) is 2. The van der Waals surface area contributed by atoms with Crippen LogP contribution in [0.3, 0.4) is 0 Å². The molecule has 2 N–H and O–H groups in total. The molecule has 2 aromatic rings. The van der Waals surface area contributed by atoms with E-state index in [0.717, 1.165) is 18.4 Å². The molecule has 0 unspecified atom stereocenters. The lowest BCUT2D eigenvalue weighted by Gasteiger charge is -2.10. The molecule has 0 radical (unpaired) electrons. The van der Waals surface area contributed by atoms with Crippen molar-refractivity contribution >= 4 is 23.4 Å². The van der Waals surface area contributed by atoms with Crippen molar-refractivity contribution < 1.29 is 14.3 Å². The molecule has 25 heavy (non-hydrogen) atoms. The summed E-state index contributed by atoms with van der Waals surface area (Å²) in [6.45, 7) is -0.233. The number of aryl methyl sites for hydroxylation is 2. The molecule has 1 aliphatic carbocycles. The lowest BCUT2D eigenvalue weighted by atomic mass is 10.0. The predicted octanol–water partition coefficient (Wildman–Crippen LogP) is 2.60. The Hall–Kier alpha value is -2.53. The second-order valence-corrected chi connectivity index (χ2v) is 6.36. The molecule has 0 saturated carbocycles. The van der Waals surface area contributed by atoms with Crippen LogP contribution in [0.15, 0.2) is 42.5 Å². The fraction of sp³-hybridized carbons (Fsp3) is 0.263. The summed E-state index contributed by atoms with van der Waals surface area (Å²) in [5.74, 6) is -0.310. The monoisotopic (exact) mass is 358 g/mol. The van der Waals surface area contributed by atoms with Gasteiger partial charge >= 0.3 is 0 Å². The summed E-state index contributed by atoms with van der Waals surface area (Å²) in [6.07, 6.45) is 3.58. The second-order valence-electron chi connectivity index (χ2n) is 5.95. The number of ether oxygens (including phenoxy) is 1. The Bertz CT molecular complexity index is 792. The number of hydrogen-bond acceptors (Lipinski definition) is 3. The average molecular weight is 359 g/mol. The van der Waals surface area contributed by atoms with Crippen molar-refractivity contribution in [2.24, 2.45) is 0 Å². The topological polar surface area (TPSA) is 67.4 Å². The van der Waals surface area contributed by atoms with Crippen LogP contribution in [0.25, 0.3) is 0 Å². The maximum Gasteiger partial charge on any atom is 0.276 e. The van der Waals surface area contributed by atoms with E-state index in [2.05, 4.69) is 23.0 Å². The zero-order valence-electron chi connectivity index (χ0n) is 13.7. The first-order valence-electron chi connectivity index (χ1n) is 8.17. The van der Waals surface area contributed by atoms with Gasteiger partial charge in [-0.3, -0.25) is 20.4 Å². The van der Waals surface area contributed by atoms with Gasteiger partial charge in [-0.15, -0.1) is 0 Å². The van der Waals surface area contributed by atoms with E-state index >= 15 is 0 Å². The molecule has 1 aliphatic rings. The Kier molecular flexibility index (Phi) is 5.56. The smallest absolute Gasteiger partial charge is 0.276 e. The second kappa shape index (κ2) is 8.03. The molecule has 0 fully saturated rings. The highest BCUT2D eigenvalue weighted by Gasteiger charge is 2.13. The summed E-state index contributed by atoms with van der Waals surface area (Å²) in [4.78, 5) is 23.7. The molecule has 3 rings (SSSR count). The van der Waals surface area contributed by atoms with Crippen LogP contribution in [0.1, 0.15) is 23.1 Å². The molecule has 2 amide bonds. The molecule has 0 aliphatic heterocycles. The molecule has 0 bridgehead atoms. The molecular weight excluding hydrogens is 340 g/mol. The molecular formula is C19H19ClN2O3. The lowest BCUT2D eigenvalue weighted by molar-refractivity contribution is -0.129. The summed E-state index contributed by atoms with van der Waals surface area (Å²) in [7, 11) is 0. The zero-order chi connectivity index (χ0) is 17.6. The molecule has 0 spiro atoms. The van der Waals surface area contributed by atoms with Crippen molar-refractivity contribution in [2.75, 3.05) is 6.61 Å². The van der Waals surface area contributed by atoms with Crippen LogP contribution in [0.5, 0.6) is 5.75 Å².